The number of halogens is 1. The lowest BCUT2D eigenvalue weighted by Crippen LogP contribution is -2.13. The van der Waals surface area contributed by atoms with Crippen molar-refractivity contribution < 1.29 is 22.3 Å². The average Bonchev–Trinajstić information content (AvgIpc) is 3.58. The van der Waals surface area contributed by atoms with Crippen LogP contribution in [0.5, 0.6) is 0 Å². The second kappa shape index (κ2) is 9.46. The molecule has 0 bridgehead atoms. The van der Waals surface area contributed by atoms with Crippen molar-refractivity contribution in [1.29, 1.82) is 0 Å². The van der Waals surface area contributed by atoms with Crippen LogP contribution in [0.1, 0.15) is 17.2 Å². The molecule has 0 aliphatic heterocycles. The van der Waals surface area contributed by atoms with E-state index in [2.05, 4.69) is 9.71 Å². The number of anilines is 1. The summed E-state index contributed by atoms with van der Waals surface area (Å²) in [6.07, 6.45) is 3.53. The minimum atomic E-state index is -3.81. The Morgan fingerprint density at radius 1 is 0.971 bits per heavy atom. The predicted molar refractivity (Wildman–Crippen MR) is 133 cm³/mol. The van der Waals surface area contributed by atoms with E-state index in [0.29, 0.717) is 27.8 Å². The Bertz CT molecular complexity index is 1550. The van der Waals surface area contributed by atoms with Gasteiger partial charge in [-0.15, -0.1) is 11.3 Å². The third-order valence-corrected chi connectivity index (χ3v) is 7.70. The van der Waals surface area contributed by atoms with Crippen LogP contribution in [0, 0.1) is 5.82 Å². The highest BCUT2D eigenvalue weighted by atomic mass is 32.2. The van der Waals surface area contributed by atoms with Gasteiger partial charge in [0.15, 0.2) is 5.13 Å². The van der Waals surface area contributed by atoms with Gasteiger partial charge in [-0.3, -0.25) is 4.72 Å². The highest BCUT2D eigenvalue weighted by Crippen LogP contribution is 2.36. The summed E-state index contributed by atoms with van der Waals surface area (Å²) in [5.41, 5.74) is 3.58. The molecule has 1 atom stereocenters. The lowest BCUT2D eigenvalue weighted by Gasteiger charge is -2.17. The molecule has 2 N–H and O–H groups in total. The molecule has 6 nitrogen and oxygen atoms in total. The van der Waals surface area contributed by atoms with Crippen molar-refractivity contribution in [3.63, 3.8) is 0 Å². The number of rotatable bonds is 7. The topological polar surface area (TPSA) is 92.4 Å². The van der Waals surface area contributed by atoms with Gasteiger partial charge in [0.05, 0.1) is 17.4 Å². The summed E-state index contributed by atoms with van der Waals surface area (Å²) in [7, 11) is -3.81. The molecule has 0 fully saturated rings. The van der Waals surface area contributed by atoms with Crippen LogP contribution in [0.2, 0.25) is 0 Å². The maximum absolute atomic E-state index is 14.4. The van der Waals surface area contributed by atoms with Crippen LogP contribution in [0.4, 0.5) is 9.52 Å². The third-order valence-electron chi connectivity index (χ3n) is 5.53. The highest BCUT2D eigenvalue weighted by Gasteiger charge is 2.20. The summed E-state index contributed by atoms with van der Waals surface area (Å²) in [4.78, 5) is 3.99. The first-order valence-corrected chi connectivity index (χ1v) is 12.9. The first kappa shape index (κ1) is 23.0. The molecule has 3 aromatic carbocycles. The Balaban J connectivity index is 1.49. The smallest absolute Gasteiger partial charge is 0.263 e. The molecule has 2 heterocycles. The first-order valence-electron chi connectivity index (χ1n) is 10.5. The van der Waals surface area contributed by atoms with Gasteiger partial charge in [-0.25, -0.2) is 17.8 Å². The molecule has 2 aromatic heterocycles. The highest BCUT2D eigenvalue weighted by molar-refractivity contribution is 7.93. The quantitative estimate of drug-likeness (QED) is 0.279. The second-order valence-corrected chi connectivity index (χ2v) is 10.3. The van der Waals surface area contributed by atoms with Crippen molar-refractivity contribution in [3.8, 4) is 22.3 Å². The van der Waals surface area contributed by atoms with Crippen molar-refractivity contribution in [2.45, 2.75) is 11.0 Å². The third kappa shape index (κ3) is 4.74. The largest absolute Gasteiger partial charge is 0.472 e. The molecule has 1 unspecified atom stereocenters. The molecule has 0 aliphatic carbocycles. The molecular formula is C26H19FN2O4S2. The van der Waals surface area contributed by atoms with E-state index in [4.69, 9.17) is 4.42 Å². The Morgan fingerprint density at radius 3 is 2.46 bits per heavy atom. The number of furan rings is 1. The van der Waals surface area contributed by atoms with E-state index in [1.54, 1.807) is 66.2 Å². The van der Waals surface area contributed by atoms with Gasteiger partial charge in [-0.05, 0) is 52.6 Å². The first-order chi connectivity index (χ1) is 16.9. The van der Waals surface area contributed by atoms with Gasteiger partial charge in [0.1, 0.15) is 11.9 Å². The molecule has 9 heteroatoms. The minimum absolute atomic E-state index is 0.0496. The zero-order valence-electron chi connectivity index (χ0n) is 18.1. The molecule has 0 spiro atoms. The van der Waals surface area contributed by atoms with Gasteiger partial charge >= 0.3 is 0 Å². The van der Waals surface area contributed by atoms with Gasteiger partial charge in [-0.2, -0.15) is 0 Å². The van der Waals surface area contributed by atoms with E-state index in [9.17, 15) is 17.9 Å². The Kier molecular flexibility index (Phi) is 6.21. The number of nitrogens with zero attached hydrogens (tertiary/aromatic N) is 1. The number of benzene rings is 3. The minimum Gasteiger partial charge on any atom is -0.472 e. The van der Waals surface area contributed by atoms with Crippen molar-refractivity contribution in [2.75, 3.05) is 4.72 Å². The van der Waals surface area contributed by atoms with Crippen LogP contribution in [-0.2, 0) is 10.0 Å². The van der Waals surface area contributed by atoms with Crippen LogP contribution in [0.15, 0.2) is 106 Å². The van der Waals surface area contributed by atoms with Gasteiger partial charge in [-0.1, -0.05) is 42.5 Å². The monoisotopic (exact) mass is 506 g/mol. The summed E-state index contributed by atoms with van der Waals surface area (Å²) in [5.74, 6) is -0.345. The Morgan fingerprint density at radius 2 is 1.77 bits per heavy atom. The molecule has 0 radical (unpaired) electrons. The van der Waals surface area contributed by atoms with E-state index in [0.717, 1.165) is 5.56 Å². The fraction of sp³-hybridized carbons (Fsp3) is 0.0385. The summed E-state index contributed by atoms with van der Waals surface area (Å²) >= 11 is 1.18. The molecule has 176 valence electrons. The number of hydrogen-bond donors (Lipinski definition) is 2. The Hall–Kier alpha value is -3.79. The van der Waals surface area contributed by atoms with Crippen LogP contribution in [0.25, 0.3) is 22.3 Å². The maximum Gasteiger partial charge on any atom is 0.263 e. The van der Waals surface area contributed by atoms with E-state index < -0.39 is 16.1 Å². The second-order valence-electron chi connectivity index (χ2n) is 7.71. The van der Waals surface area contributed by atoms with Crippen molar-refractivity contribution >= 4 is 26.5 Å². The fourth-order valence-electron chi connectivity index (χ4n) is 3.78. The number of nitrogens with one attached hydrogen (secondary N) is 1. The van der Waals surface area contributed by atoms with E-state index >= 15 is 0 Å². The number of aromatic nitrogens is 1. The average molecular weight is 507 g/mol. The van der Waals surface area contributed by atoms with Crippen LogP contribution < -0.4 is 4.72 Å². The molecule has 0 amide bonds. The molecule has 35 heavy (non-hydrogen) atoms. The normalized spacial score (nSPS) is 12.4. The van der Waals surface area contributed by atoms with Gasteiger partial charge in [0.2, 0.25) is 0 Å². The van der Waals surface area contributed by atoms with Crippen molar-refractivity contribution in [1.82, 2.24) is 4.98 Å². The number of aliphatic hydroxyl groups excluding tert-OH is 1. The van der Waals surface area contributed by atoms with E-state index in [1.807, 2.05) is 0 Å². The Labute approximate surface area is 205 Å². The van der Waals surface area contributed by atoms with Crippen LogP contribution >= 0.6 is 11.3 Å². The zero-order valence-corrected chi connectivity index (χ0v) is 19.8. The summed E-state index contributed by atoms with van der Waals surface area (Å²) < 4.78 is 47.3. The lowest BCUT2D eigenvalue weighted by atomic mass is 9.90. The molecule has 0 saturated carbocycles. The zero-order chi connectivity index (χ0) is 24.4. The van der Waals surface area contributed by atoms with Crippen molar-refractivity contribution in [3.05, 3.63) is 114 Å². The number of aliphatic hydroxyl groups is 1. The van der Waals surface area contributed by atoms with Crippen LogP contribution in [0.3, 0.4) is 0 Å². The van der Waals surface area contributed by atoms with Crippen molar-refractivity contribution in [2.24, 2.45) is 0 Å². The van der Waals surface area contributed by atoms with Gasteiger partial charge < -0.3 is 9.52 Å². The standard InChI is InChI=1S/C26H19FN2O4S2/c27-24-4-2-1-3-21(24)18-7-10-22(23(15-18)19-11-13-33-16-19)25(30)17-5-8-20(9-6-17)35(31,32)29-26-28-12-14-34-26/h1-16,25,30H,(H,28,29). The molecule has 5 rings (SSSR count). The molecular weight excluding hydrogens is 487 g/mol. The SMILES string of the molecule is O=S(=O)(Nc1nccs1)c1ccc(C(O)c2ccc(-c3ccccc3F)cc2-c2ccoc2)cc1. The summed E-state index contributed by atoms with van der Waals surface area (Å²) in [6, 6.07) is 19.5. The molecule has 0 saturated heterocycles. The summed E-state index contributed by atoms with van der Waals surface area (Å²) in [5, 5.41) is 13.2. The molecule has 0 aliphatic rings. The predicted octanol–water partition coefficient (Wildman–Crippen LogP) is 6.09. The van der Waals surface area contributed by atoms with Gasteiger partial charge in [0, 0.05) is 22.7 Å². The molecule has 5 aromatic rings. The van der Waals surface area contributed by atoms with Gasteiger partial charge in [0.25, 0.3) is 10.0 Å². The maximum atomic E-state index is 14.4. The van der Waals surface area contributed by atoms with E-state index in [1.165, 1.54) is 42.0 Å². The number of hydrogen-bond acceptors (Lipinski definition) is 6. The van der Waals surface area contributed by atoms with E-state index in [-0.39, 0.29) is 15.8 Å². The fourth-order valence-corrected chi connectivity index (χ4v) is 5.57. The number of sulfonamides is 1. The summed E-state index contributed by atoms with van der Waals surface area (Å²) in [6.45, 7) is 0. The number of thiazole rings is 1. The lowest BCUT2D eigenvalue weighted by molar-refractivity contribution is 0.221. The van der Waals surface area contributed by atoms with Crippen LogP contribution in [-0.4, -0.2) is 18.5 Å².